The number of carbonyl (C=O) groups is 3. The summed E-state index contributed by atoms with van der Waals surface area (Å²) in [6.07, 6.45) is 1.30. The van der Waals surface area contributed by atoms with Crippen molar-refractivity contribution in [3.63, 3.8) is 0 Å². The first-order chi connectivity index (χ1) is 16.0. The zero-order valence-corrected chi connectivity index (χ0v) is 19.0. The van der Waals surface area contributed by atoms with Gasteiger partial charge in [-0.2, -0.15) is 0 Å². The van der Waals surface area contributed by atoms with Gasteiger partial charge in [-0.15, -0.1) is 0 Å². The first-order valence-corrected chi connectivity index (χ1v) is 10.5. The summed E-state index contributed by atoms with van der Waals surface area (Å²) in [7, 11) is 0. The number of Topliss-reactive ketones (excluding diaryl/α,β-unsaturated/α-hetero) is 1. The van der Waals surface area contributed by atoms with E-state index in [1.807, 2.05) is 0 Å². The standard InChI is InChI=1S/C24H26N2O8/c1-13(8-9-32-15-6-4-14-5-7-20(28)33-18(14)10-15)21-16(22(29)24(2,3)34-21)12-26-17(23(30)31)11-19(25)27/h4-8,10,17,26H,9,11-12H2,1-3H3,(H2,25,27)(H,30,31)/b13-8+. The highest BCUT2D eigenvalue weighted by atomic mass is 16.5. The number of ether oxygens (including phenoxy) is 2. The summed E-state index contributed by atoms with van der Waals surface area (Å²) in [6.45, 7) is 5.00. The Morgan fingerprint density at radius 1 is 1.24 bits per heavy atom. The van der Waals surface area contributed by atoms with Crippen molar-refractivity contribution in [2.45, 2.75) is 38.8 Å². The number of hydrogen-bond acceptors (Lipinski definition) is 8. The zero-order chi connectivity index (χ0) is 25.0. The van der Waals surface area contributed by atoms with Gasteiger partial charge in [0.05, 0.1) is 12.0 Å². The minimum Gasteiger partial charge on any atom is -0.489 e. The molecule has 0 aliphatic carbocycles. The van der Waals surface area contributed by atoms with Crippen LogP contribution in [-0.4, -0.2) is 47.6 Å². The third-order valence-electron chi connectivity index (χ3n) is 5.27. The second kappa shape index (κ2) is 9.92. The molecule has 2 heterocycles. The number of carbonyl (C=O) groups excluding carboxylic acids is 2. The topological polar surface area (TPSA) is 158 Å². The van der Waals surface area contributed by atoms with Crippen LogP contribution in [0.4, 0.5) is 0 Å². The normalized spacial score (nSPS) is 16.4. The lowest BCUT2D eigenvalue weighted by atomic mass is 9.97. The fourth-order valence-corrected chi connectivity index (χ4v) is 3.47. The van der Waals surface area contributed by atoms with E-state index in [0.717, 1.165) is 5.39 Å². The predicted molar refractivity (Wildman–Crippen MR) is 122 cm³/mol. The minimum atomic E-state index is -1.25. The summed E-state index contributed by atoms with van der Waals surface area (Å²) in [5.41, 5.74) is 4.81. The first-order valence-electron chi connectivity index (χ1n) is 10.5. The Balaban J connectivity index is 1.76. The van der Waals surface area contributed by atoms with E-state index < -0.39 is 35.6 Å². The van der Waals surface area contributed by atoms with E-state index >= 15 is 0 Å². The molecule has 1 unspecified atom stereocenters. The molecule has 1 aliphatic heterocycles. The van der Waals surface area contributed by atoms with Crippen LogP contribution in [0.2, 0.25) is 0 Å². The van der Waals surface area contributed by atoms with Crippen molar-refractivity contribution in [3.8, 4) is 5.75 Å². The molecule has 0 bridgehead atoms. The molecule has 34 heavy (non-hydrogen) atoms. The number of rotatable bonds is 10. The van der Waals surface area contributed by atoms with E-state index in [1.165, 1.54) is 6.07 Å². The molecule has 0 fully saturated rings. The van der Waals surface area contributed by atoms with E-state index in [1.54, 1.807) is 51.1 Å². The quantitative estimate of drug-likeness (QED) is 0.439. The molecule has 1 aromatic heterocycles. The summed E-state index contributed by atoms with van der Waals surface area (Å²) in [5, 5.41) is 12.7. The second-order valence-corrected chi connectivity index (χ2v) is 8.34. The number of carboxylic acid groups (broad SMARTS) is 1. The van der Waals surface area contributed by atoms with Crippen molar-refractivity contribution >= 4 is 28.6 Å². The van der Waals surface area contributed by atoms with Crippen molar-refractivity contribution in [1.29, 1.82) is 0 Å². The molecular formula is C24H26N2O8. The predicted octanol–water partition coefficient (Wildman–Crippen LogP) is 1.67. The van der Waals surface area contributed by atoms with Crippen LogP contribution in [0.15, 0.2) is 62.5 Å². The largest absolute Gasteiger partial charge is 0.489 e. The Labute approximate surface area is 195 Å². The molecular weight excluding hydrogens is 444 g/mol. The summed E-state index contributed by atoms with van der Waals surface area (Å²) in [4.78, 5) is 46.8. The third kappa shape index (κ3) is 5.70. The van der Waals surface area contributed by atoms with Crippen LogP contribution >= 0.6 is 0 Å². The highest BCUT2D eigenvalue weighted by Crippen LogP contribution is 2.34. The van der Waals surface area contributed by atoms with Gasteiger partial charge in [-0.25, -0.2) is 4.79 Å². The van der Waals surface area contributed by atoms with Gasteiger partial charge >= 0.3 is 11.6 Å². The molecule has 4 N–H and O–H groups in total. The number of fused-ring (bicyclic) bond motifs is 1. The fraction of sp³-hybridized carbons (Fsp3) is 0.333. The highest BCUT2D eigenvalue weighted by Gasteiger charge is 2.42. The van der Waals surface area contributed by atoms with Crippen molar-refractivity contribution < 1.29 is 33.4 Å². The van der Waals surface area contributed by atoms with Crippen molar-refractivity contribution in [2.24, 2.45) is 5.73 Å². The first kappa shape index (κ1) is 24.7. The van der Waals surface area contributed by atoms with Crippen LogP contribution in [0.5, 0.6) is 5.75 Å². The van der Waals surface area contributed by atoms with Gasteiger partial charge in [0.2, 0.25) is 11.7 Å². The fourth-order valence-electron chi connectivity index (χ4n) is 3.47. The Morgan fingerprint density at radius 2 is 1.94 bits per heavy atom. The molecule has 2 aromatic rings. The van der Waals surface area contributed by atoms with Gasteiger partial charge in [-0.1, -0.05) is 0 Å². The van der Waals surface area contributed by atoms with Gasteiger partial charge in [0.25, 0.3) is 0 Å². The molecule has 0 radical (unpaired) electrons. The number of ketones is 1. The molecule has 10 heteroatoms. The molecule has 0 saturated heterocycles. The molecule has 1 atom stereocenters. The van der Waals surface area contributed by atoms with Gasteiger partial charge in [0.15, 0.2) is 5.60 Å². The average molecular weight is 470 g/mol. The molecule has 1 amide bonds. The summed E-state index contributed by atoms with van der Waals surface area (Å²) >= 11 is 0. The second-order valence-electron chi connectivity index (χ2n) is 8.34. The van der Waals surface area contributed by atoms with E-state index in [-0.39, 0.29) is 24.5 Å². The smallest absolute Gasteiger partial charge is 0.336 e. The van der Waals surface area contributed by atoms with Gasteiger partial charge in [0.1, 0.15) is 29.7 Å². The van der Waals surface area contributed by atoms with E-state index in [9.17, 15) is 24.3 Å². The Morgan fingerprint density at radius 3 is 2.62 bits per heavy atom. The van der Waals surface area contributed by atoms with E-state index in [4.69, 9.17) is 19.6 Å². The number of nitrogens with one attached hydrogen (secondary N) is 1. The number of primary amides is 1. The van der Waals surface area contributed by atoms with Crippen LogP contribution in [0, 0.1) is 0 Å². The third-order valence-corrected chi connectivity index (χ3v) is 5.27. The van der Waals surface area contributed by atoms with Gasteiger partial charge in [0, 0.05) is 24.1 Å². The van der Waals surface area contributed by atoms with Crippen LogP contribution < -0.4 is 21.4 Å². The molecule has 3 rings (SSSR count). The van der Waals surface area contributed by atoms with Crippen LogP contribution in [0.3, 0.4) is 0 Å². The Hall–Kier alpha value is -3.92. The Kier molecular flexibility index (Phi) is 7.21. The number of aliphatic carboxylic acids is 1. The number of benzene rings is 1. The summed E-state index contributed by atoms with van der Waals surface area (Å²) < 4.78 is 16.7. The van der Waals surface area contributed by atoms with Crippen molar-refractivity contribution in [1.82, 2.24) is 5.32 Å². The monoisotopic (exact) mass is 470 g/mol. The molecule has 0 spiro atoms. The maximum Gasteiger partial charge on any atom is 0.336 e. The van der Waals surface area contributed by atoms with Gasteiger partial charge < -0.3 is 24.7 Å². The number of amides is 1. The molecule has 10 nitrogen and oxygen atoms in total. The molecule has 1 aliphatic rings. The lowest BCUT2D eigenvalue weighted by Gasteiger charge is -2.18. The maximum absolute atomic E-state index is 12.8. The number of carboxylic acids is 1. The molecule has 0 saturated carbocycles. The number of hydrogen-bond donors (Lipinski definition) is 3. The van der Waals surface area contributed by atoms with E-state index in [0.29, 0.717) is 22.7 Å². The van der Waals surface area contributed by atoms with E-state index in [2.05, 4.69) is 5.32 Å². The number of allylic oxidation sites excluding steroid dienone is 1. The average Bonchev–Trinajstić information content (AvgIpc) is 2.99. The lowest BCUT2D eigenvalue weighted by Crippen LogP contribution is -2.42. The van der Waals surface area contributed by atoms with Crippen LogP contribution in [0.25, 0.3) is 11.0 Å². The van der Waals surface area contributed by atoms with Crippen molar-refractivity contribution in [2.75, 3.05) is 13.2 Å². The minimum absolute atomic E-state index is 0.114. The SMILES string of the molecule is C/C(=C\COc1ccc2ccc(=O)oc2c1)C1=C(CNC(CC(N)=O)C(=O)O)C(=O)C(C)(C)O1. The summed E-state index contributed by atoms with van der Waals surface area (Å²) in [6, 6.07) is 6.88. The van der Waals surface area contributed by atoms with Gasteiger partial charge in [-0.05, 0) is 50.6 Å². The van der Waals surface area contributed by atoms with Gasteiger partial charge in [-0.3, -0.25) is 19.7 Å². The number of nitrogens with two attached hydrogens (primary N) is 1. The van der Waals surface area contributed by atoms with Crippen molar-refractivity contribution in [3.05, 3.63) is 63.7 Å². The highest BCUT2D eigenvalue weighted by molar-refractivity contribution is 6.05. The van der Waals surface area contributed by atoms with Crippen LogP contribution in [0.1, 0.15) is 27.2 Å². The Bertz CT molecular complexity index is 1260. The lowest BCUT2D eigenvalue weighted by molar-refractivity contribution is -0.141. The maximum atomic E-state index is 12.8. The van der Waals surface area contributed by atoms with Crippen LogP contribution in [-0.2, 0) is 19.1 Å². The molecule has 1 aromatic carbocycles. The summed E-state index contributed by atoms with van der Waals surface area (Å²) in [5.74, 6) is -1.51. The zero-order valence-electron chi connectivity index (χ0n) is 19.0. The molecule has 180 valence electrons.